The molecule has 0 amide bonds. The number of nitrogens with two attached hydrogens (primary N) is 1. The van der Waals surface area contributed by atoms with Crippen molar-refractivity contribution in [1.82, 2.24) is 9.88 Å². The molecule has 1 aliphatic carbocycles. The Morgan fingerprint density at radius 3 is 2.59 bits per heavy atom. The van der Waals surface area contributed by atoms with Crippen LogP contribution in [0.15, 0.2) is 53.1 Å². The number of aromatic nitrogens is 1. The van der Waals surface area contributed by atoms with Crippen molar-refractivity contribution in [3.63, 3.8) is 0 Å². The number of halogens is 4. The van der Waals surface area contributed by atoms with Gasteiger partial charge >= 0.3 is 6.18 Å². The molecule has 0 aliphatic heterocycles. The molecule has 3 rings (SSSR count). The molecule has 2 aromatic rings. The second-order valence-electron chi connectivity index (χ2n) is 9.05. The molecule has 0 spiro atoms. The normalized spacial score (nSPS) is 18.6. The molecule has 8 heteroatoms. The molecule has 3 nitrogen and oxygen atoms in total. The molecule has 1 atom stereocenters. The van der Waals surface area contributed by atoms with Crippen LogP contribution in [0.1, 0.15) is 68.1 Å². The van der Waals surface area contributed by atoms with Gasteiger partial charge in [-0.25, -0.2) is 9.37 Å². The summed E-state index contributed by atoms with van der Waals surface area (Å²) in [7, 11) is 1.71. The number of hydrogen-bond donors (Lipinski definition) is 1. The molecule has 1 aromatic carbocycles. The van der Waals surface area contributed by atoms with Crippen molar-refractivity contribution in [2.75, 3.05) is 13.6 Å². The quantitative estimate of drug-likeness (QED) is 0.267. The lowest BCUT2D eigenvalue weighted by Gasteiger charge is -2.34. The number of unbranched alkanes of at least 4 members (excludes halogenated alkanes) is 5. The lowest BCUT2D eigenvalue weighted by atomic mass is 9.85. The van der Waals surface area contributed by atoms with Crippen LogP contribution < -0.4 is 5.73 Å². The summed E-state index contributed by atoms with van der Waals surface area (Å²) in [5, 5.41) is 2.20. The van der Waals surface area contributed by atoms with Crippen LogP contribution in [0.2, 0.25) is 0 Å². The number of hydrogen-bond acceptors (Lipinski definition) is 4. The highest BCUT2D eigenvalue weighted by Gasteiger charge is 2.44. The van der Waals surface area contributed by atoms with E-state index in [4.69, 9.17) is 5.73 Å². The van der Waals surface area contributed by atoms with Crippen molar-refractivity contribution in [2.45, 2.75) is 70.0 Å². The van der Waals surface area contributed by atoms with Crippen LogP contribution in [0.25, 0.3) is 0 Å². The van der Waals surface area contributed by atoms with E-state index in [1.807, 2.05) is 0 Å². The lowest BCUT2D eigenvalue weighted by molar-refractivity contribution is -0.0975. The Hall–Kier alpha value is -2.19. The molecular formula is C26H33F4N3S. The summed E-state index contributed by atoms with van der Waals surface area (Å²) in [6, 6.07) is 6.20. The van der Waals surface area contributed by atoms with Crippen LogP contribution in [0.3, 0.4) is 0 Å². The van der Waals surface area contributed by atoms with E-state index in [2.05, 4.69) is 11.9 Å². The Labute approximate surface area is 203 Å². The van der Waals surface area contributed by atoms with E-state index in [1.165, 1.54) is 48.8 Å². The van der Waals surface area contributed by atoms with Crippen LogP contribution >= 0.6 is 11.3 Å². The number of rotatable bonds is 11. The van der Waals surface area contributed by atoms with Gasteiger partial charge in [0.05, 0.1) is 16.8 Å². The minimum absolute atomic E-state index is 0.179. The van der Waals surface area contributed by atoms with Crippen LogP contribution in [0.5, 0.6) is 0 Å². The maximum Gasteiger partial charge on any atom is 0.414 e. The van der Waals surface area contributed by atoms with E-state index < -0.39 is 17.3 Å². The maximum atomic E-state index is 14.0. The van der Waals surface area contributed by atoms with Gasteiger partial charge in [0.25, 0.3) is 0 Å². The Kier molecular flexibility index (Phi) is 8.93. The van der Waals surface area contributed by atoms with Crippen molar-refractivity contribution in [1.29, 1.82) is 0 Å². The zero-order chi connectivity index (χ0) is 24.8. The SMILES string of the molecule is CCCCCCCCN(C)C1=C(C(F)(F)F)CC(N)(c2nc(Cc3cccc(F)c3)cs2)C=C1. The average Bonchev–Trinajstić information content (AvgIpc) is 3.25. The van der Waals surface area contributed by atoms with Crippen LogP contribution in [0.4, 0.5) is 17.6 Å². The molecule has 1 unspecified atom stereocenters. The molecule has 0 saturated heterocycles. The van der Waals surface area contributed by atoms with E-state index in [1.54, 1.807) is 35.5 Å². The summed E-state index contributed by atoms with van der Waals surface area (Å²) in [6.07, 6.45) is 5.18. The fourth-order valence-electron chi connectivity index (χ4n) is 4.23. The average molecular weight is 496 g/mol. The zero-order valence-electron chi connectivity index (χ0n) is 19.8. The number of nitrogens with zero attached hydrogens (tertiary/aromatic N) is 2. The first-order chi connectivity index (χ1) is 16.1. The molecule has 0 fully saturated rings. The van der Waals surface area contributed by atoms with Gasteiger partial charge in [-0.15, -0.1) is 11.3 Å². The number of allylic oxidation sites excluding steroid dienone is 1. The summed E-state index contributed by atoms with van der Waals surface area (Å²) in [5.74, 6) is -0.337. The standard InChI is InChI=1S/C26H33F4N3S/c1-3-4-5-6-7-8-14-33(2)23-12-13-25(31,17-22(23)26(28,29)30)24-32-21(18-34-24)16-19-10-9-11-20(27)15-19/h9-13,15,18H,3-8,14,16-17,31H2,1-2H3. The smallest absolute Gasteiger partial charge is 0.374 e. The minimum atomic E-state index is -4.48. The first-order valence-electron chi connectivity index (χ1n) is 11.8. The topological polar surface area (TPSA) is 42.1 Å². The van der Waals surface area contributed by atoms with Gasteiger partial charge < -0.3 is 10.6 Å². The fourth-order valence-corrected chi connectivity index (χ4v) is 5.14. The largest absolute Gasteiger partial charge is 0.414 e. The van der Waals surface area contributed by atoms with Crippen molar-refractivity contribution in [3.8, 4) is 0 Å². The monoisotopic (exact) mass is 495 g/mol. The molecule has 0 bridgehead atoms. The van der Waals surface area contributed by atoms with Gasteiger partial charge in [-0.3, -0.25) is 0 Å². The lowest BCUT2D eigenvalue weighted by Crippen LogP contribution is -2.40. The molecule has 0 radical (unpaired) electrons. The Morgan fingerprint density at radius 2 is 1.88 bits per heavy atom. The Balaban J connectivity index is 1.71. The third kappa shape index (κ3) is 6.92. The molecule has 1 aliphatic rings. The fraction of sp³-hybridized carbons (Fsp3) is 0.500. The second kappa shape index (κ2) is 11.5. The molecule has 1 aromatic heterocycles. The highest BCUT2D eigenvalue weighted by molar-refractivity contribution is 7.09. The van der Waals surface area contributed by atoms with Crippen molar-refractivity contribution >= 4 is 11.3 Å². The molecule has 2 N–H and O–H groups in total. The predicted octanol–water partition coefficient (Wildman–Crippen LogP) is 7.10. The first kappa shape index (κ1) is 26.4. The number of likely N-dealkylation sites (N-methyl/N-ethyl adjacent to an activating group) is 1. The molecule has 34 heavy (non-hydrogen) atoms. The highest BCUT2D eigenvalue weighted by atomic mass is 32.1. The van der Waals surface area contributed by atoms with Crippen molar-refractivity contribution < 1.29 is 17.6 Å². The van der Waals surface area contributed by atoms with Gasteiger partial charge in [0.2, 0.25) is 0 Å². The van der Waals surface area contributed by atoms with E-state index in [9.17, 15) is 17.6 Å². The molecule has 1 heterocycles. The Bertz CT molecular complexity index is 1010. The van der Waals surface area contributed by atoms with Crippen LogP contribution in [-0.2, 0) is 12.0 Å². The van der Waals surface area contributed by atoms with Gasteiger partial charge in [-0.1, -0.05) is 57.2 Å². The molecule has 0 saturated carbocycles. The third-order valence-electron chi connectivity index (χ3n) is 6.14. The number of thiazole rings is 1. The first-order valence-corrected chi connectivity index (χ1v) is 12.7. The van der Waals surface area contributed by atoms with Crippen LogP contribution in [-0.4, -0.2) is 29.7 Å². The predicted molar refractivity (Wildman–Crippen MR) is 130 cm³/mol. The van der Waals surface area contributed by atoms with Gasteiger partial charge in [-0.05, 0) is 30.2 Å². The van der Waals surface area contributed by atoms with Crippen molar-refractivity contribution in [3.05, 3.63) is 75.1 Å². The maximum absolute atomic E-state index is 14.0. The van der Waals surface area contributed by atoms with E-state index in [0.29, 0.717) is 23.7 Å². The third-order valence-corrected chi connectivity index (χ3v) is 7.23. The van der Waals surface area contributed by atoms with Crippen molar-refractivity contribution in [2.24, 2.45) is 5.73 Å². The summed E-state index contributed by atoms with van der Waals surface area (Å²) in [5.41, 5.74) is 6.11. The van der Waals surface area contributed by atoms with Gasteiger partial charge in [0.1, 0.15) is 10.8 Å². The van der Waals surface area contributed by atoms with Crippen LogP contribution in [0, 0.1) is 5.82 Å². The minimum Gasteiger partial charge on any atom is -0.374 e. The van der Waals surface area contributed by atoms with Gasteiger partial charge in [0, 0.05) is 37.5 Å². The number of benzene rings is 1. The zero-order valence-corrected chi connectivity index (χ0v) is 20.6. The summed E-state index contributed by atoms with van der Waals surface area (Å²) >= 11 is 1.24. The molecule has 186 valence electrons. The second-order valence-corrected chi connectivity index (χ2v) is 9.91. The summed E-state index contributed by atoms with van der Waals surface area (Å²) in [4.78, 5) is 6.21. The number of alkyl halides is 3. The van der Waals surface area contributed by atoms with E-state index in [0.717, 1.165) is 24.8 Å². The summed E-state index contributed by atoms with van der Waals surface area (Å²) in [6.45, 7) is 2.72. The molecular weight excluding hydrogens is 462 g/mol. The van der Waals surface area contributed by atoms with Gasteiger partial charge in [0.15, 0.2) is 0 Å². The van der Waals surface area contributed by atoms with Gasteiger partial charge in [-0.2, -0.15) is 13.2 Å². The summed E-state index contributed by atoms with van der Waals surface area (Å²) < 4.78 is 55.6. The van der Waals surface area contributed by atoms with E-state index >= 15 is 0 Å². The van der Waals surface area contributed by atoms with E-state index in [-0.39, 0.29) is 17.9 Å². The Morgan fingerprint density at radius 1 is 1.15 bits per heavy atom. The highest BCUT2D eigenvalue weighted by Crippen LogP contribution is 2.42.